The molecule has 2 nitrogen and oxygen atoms in total. The zero-order valence-electron chi connectivity index (χ0n) is 14.2. The van der Waals surface area contributed by atoms with E-state index in [4.69, 9.17) is 4.74 Å². The SMILES string of the molecule is CNCC(CCC1CCCc2cc(OC)ccc21)c1cccs1. The number of methoxy groups -OCH3 is 1. The van der Waals surface area contributed by atoms with Gasteiger partial charge in [-0.25, -0.2) is 0 Å². The summed E-state index contributed by atoms with van der Waals surface area (Å²) in [4.78, 5) is 1.52. The molecule has 0 radical (unpaired) electrons. The number of aryl methyl sites for hydroxylation is 1. The van der Waals surface area contributed by atoms with Crippen LogP contribution in [0.5, 0.6) is 5.75 Å². The van der Waals surface area contributed by atoms with Gasteiger partial charge in [0.1, 0.15) is 5.75 Å². The van der Waals surface area contributed by atoms with Crippen molar-refractivity contribution in [2.75, 3.05) is 20.7 Å². The Labute approximate surface area is 143 Å². The molecule has 2 unspecified atom stereocenters. The Kier molecular flexibility index (Phi) is 5.74. The first-order valence-electron chi connectivity index (χ1n) is 8.66. The molecular weight excluding hydrogens is 302 g/mol. The molecule has 0 spiro atoms. The van der Waals surface area contributed by atoms with E-state index < -0.39 is 0 Å². The quantitative estimate of drug-likeness (QED) is 0.775. The Morgan fingerprint density at radius 2 is 2.26 bits per heavy atom. The van der Waals surface area contributed by atoms with Crippen molar-refractivity contribution in [1.82, 2.24) is 5.32 Å². The van der Waals surface area contributed by atoms with Gasteiger partial charge in [-0.1, -0.05) is 12.1 Å². The molecule has 0 bridgehead atoms. The molecular formula is C20H27NOS. The van der Waals surface area contributed by atoms with Gasteiger partial charge < -0.3 is 10.1 Å². The molecule has 0 saturated heterocycles. The fraction of sp³-hybridized carbons (Fsp3) is 0.500. The van der Waals surface area contributed by atoms with E-state index in [9.17, 15) is 0 Å². The van der Waals surface area contributed by atoms with Gasteiger partial charge in [-0.05, 0) is 79.8 Å². The van der Waals surface area contributed by atoms with Crippen LogP contribution in [0.1, 0.15) is 53.5 Å². The zero-order valence-corrected chi connectivity index (χ0v) is 15.0. The molecule has 3 rings (SSSR count). The number of thiophene rings is 1. The summed E-state index contributed by atoms with van der Waals surface area (Å²) in [5.41, 5.74) is 3.06. The highest BCUT2D eigenvalue weighted by atomic mass is 32.1. The molecule has 1 aliphatic rings. The first-order valence-corrected chi connectivity index (χ1v) is 9.54. The molecule has 1 heterocycles. The zero-order chi connectivity index (χ0) is 16.1. The molecule has 2 aromatic rings. The Balaban J connectivity index is 1.69. The molecule has 1 aromatic carbocycles. The minimum Gasteiger partial charge on any atom is -0.497 e. The van der Waals surface area contributed by atoms with E-state index in [0.29, 0.717) is 11.8 Å². The van der Waals surface area contributed by atoms with Crippen molar-refractivity contribution < 1.29 is 4.74 Å². The highest BCUT2D eigenvalue weighted by Gasteiger charge is 2.22. The topological polar surface area (TPSA) is 21.3 Å². The smallest absolute Gasteiger partial charge is 0.119 e. The first-order chi connectivity index (χ1) is 11.3. The number of nitrogens with one attached hydrogen (secondary N) is 1. The van der Waals surface area contributed by atoms with Gasteiger partial charge in [0.25, 0.3) is 0 Å². The molecule has 2 atom stereocenters. The molecule has 0 fully saturated rings. The predicted octanol–water partition coefficient (Wildman–Crippen LogP) is 4.96. The van der Waals surface area contributed by atoms with Gasteiger partial charge >= 0.3 is 0 Å². The van der Waals surface area contributed by atoms with Gasteiger partial charge in [0.2, 0.25) is 0 Å². The molecule has 0 aliphatic heterocycles. The van der Waals surface area contributed by atoms with Gasteiger partial charge in [-0.3, -0.25) is 0 Å². The van der Waals surface area contributed by atoms with Crippen LogP contribution in [0, 0.1) is 0 Å². The summed E-state index contributed by atoms with van der Waals surface area (Å²) in [5, 5.41) is 5.56. The van der Waals surface area contributed by atoms with Crippen molar-refractivity contribution in [2.24, 2.45) is 0 Å². The van der Waals surface area contributed by atoms with E-state index in [0.717, 1.165) is 12.3 Å². The number of hydrogen-bond acceptors (Lipinski definition) is 3. The normalized spacial score (nSPS) is 18.4. The lowest BCUT2D eigenvalue weighted by molar-refractivity contribution is 0.411. The summed E-state index contributed by atoms with van der Waals surface area (Å²) < 4.78 is 5.39. The number of rotatable bonds is 7. The second kappa shape index (κ2) is 7.98. The molecule has 1 N–H and O–H groups in total. The van der Waals surface area contributed by atoms with Crippen LogP contribution in [-0.2, 0) is 6.42 Å². The number of hydrogen-bond donors (Lipinski definition) is 1. The van der Waals surface area contributed by atoms with Crippen LogP contribution in [0.3, 0.4) is 0 Å². The van der Waals surface area contributed by atoms with Crippen molar-refractivity contribution >= 4 is 11.3 Å². The largest absolute Gasteiger partial charge is 0.497 e. The lowest BCUT2D eigenvalue weighted by Crippen LogP contribution is -2.18. The van der Waals surface area contributed by atoms with Crippen molar-refractivity contribution in [1.29, 1.82) is 0 Å². The number of ether oxygens (including phenoxy) is 1. The van der Waals surface area contributed by atoms with Crippen LogP contribution < -0.4 is 10.1 Å². The number of likely N-dealkylation sites (N-methyl/N-ethyl adjacent to an activating group) is 1. The molecule has 3 heteroatoms. The predicted molar refractivity (Wildman–Crippen MR) is 98.9 cm³/mol. The average molecular weight is 330 g/mol. The summed E-state index contributed by atoms with van der Waals surface area (Å²) in [5.74, 6) is 2.35. The molecule has 1 aliphatic carbocycles. The van der Waals surface area contributed by atoms with Crippen molar-refractivity contribution in [3.8, 4) is 5.75 Å². The van der Waals surface area contributed by atoms with Crippen LogP contribution in [0.4, 0.5) is 0 Å². The molecule has 1 aromatic heterocycles. The highest BCUT2D eigenvalue weighted by molar-refractivity contribution is 7.10. The summed E-state index contributed by atoms with van der Waals surface area (Å²) in [6.45, 7) is 1.07. The second-order valence-corrected chi connectivity index (χ2v) is 7.48. The standard InChI is InChI=1S/C20H27NOS/c1-21-14-17(20-7-4-12-23-20)9-8-15-5-3-6-16-13-18(22-2)10-11-19(15)16/h4,7,10-13,15,17,21H,3,5-6,8-9,14H2,1-2H3. The summed E-state index contributed by atoms with van der Waals surface area (Å²) in [7, 11) is 3.81. The molecule has 124 valence electrons. The van der Waals surface area contributed by atoms with E-state index in [1.54, 1.807) is 12.7 Å². The van der Waals surface area contributed by atoms with Crippen molar-refractivity contribution in [3.05, 3.63) is 51.7 Å². The van der Waals surface area contributed by atoms with Crippen LogP contribution in [0.2, 0.25) is 0 Å². The van der Waals surface area contributed by atoms with Crippen LogP contribution >= 0.6 is 11.3 Å². The van der Waals surface area contributed by atoms with Crippen LogP contribution in [-0.4, -0.2) is 20.7 Å². The molecule has 23 heavy (non-hydrogen) atoms. The van der Waals surface area contributed by atoms with Crippen molar-refractivity contribution in [3.63, 3.8) is 0 Å². The number of benzene rings is 1. The third-order valence-electron chi connectivity index (χ3n) is 5.05. The first kappa shape index (κ1) is 16.5. The fourth-order valence-electron chi connectivity index (χ4n) is 3.84. The van der Waals surface area contributed by atoms with E-state index in [1.165, 1.54) is 42.5 Å². The Bertz CT molecular complexity index is 608. The van der Waals surface area contributed by atoms with Crippen LogP contribution in [0.15, 0.2) is 35.7 Å². The van der Waals surface area contributed by atoms with E-state index >= 15 is 0 Å². The van der Waals surface area contributed by atoms with Crippen LogP contribution in [0.25, 0.3) is 0 Å². The van der Waals surface area contributed by atoms with Gasteiger partial charge in [0.05, 0.1) is 7.11 Å². The average Bonchev–Trinajstić information content (AvgIpc) is 3.12. The summed E-state index contributed by atoms with van der Waals surface area (Å²) in [6.07, 6.45) is 6.38. The Morgan fingerprint density at radius 3 is 3.00 bits per heavy atom. The summed E-state index contributed by atoms with van der Waals surface area (Å²) >= 11 is 1.89. The maximum absolute atomic E-state index is 5.39. The van der Waals surface area contributed by atoms with Crippen molar-refractivity contribution in [2.45, 2.75) is 43.9 Å². The van der Waals surface area contributed by atoms with E-state index in [-0.39, 0.29) is 0 Å². The van der Waals surface area contributed by atoms with Gasteiger partial charge in [0.15, 0.2) is 0 Å². The minimum absolute atomic E-state index is 0.642. The minimum atomic E-state index is 0.642. The Hall–Kier alpha value is -1.32. The second-order valence-electron chi connectivity index (χ2n) is 6.50. The Morgan fingerprint density at radius 1 is 1.35 bits per heavy atom. The third kappa shape index (κ3) is 3.96. The van der Waals surface area contributed by atoms with Gasteiger partial charge in [-0.15, -0.1) is 11.3 Å². The maximum atomic E-state index is 5.39. The maximum Gasteiger partial charge on any atom is 0.119 e. The third-order valence-corrected chi connectivity index (χ3v) is 6.08. The molecule has 0 amide bonds. The monoisotopic (exact) mass is 329 g/mol. The summed E-state index contributed by atoms with van der Waals surface area (Å²) in [6, 6.07) is 11.1. The fourth-order valence-corrected chi connectivity index (χ4v) is 4.70. The highest BCUT2D eigenvalue weighted by Crippen LogP contribution is 2.38. The van der Waals surface area contributed by atoms with E-state index in [1.807, 2.05) is 11.3 Å². The van der Waals surface area contributed by atoms with Gasteiger partial charge in [0, 0.05) is 17.3 Å². The lowest BCUT2D eigenvalue weighted by Gasteiger charge is -2.27. The van der Waals surface area contributed by atoms with Gasteiger partial charge in [-0.2, -0.15) is 0 Å². The lowest BCUT2D eigenvalue weighted by atomic mass is 9.79. The van der Waals surface area contributed by atoms with E-state index in [2.05, 4.69) is 48.1 Å². The number of fused-ring (bicyclic) bond motifs is 1. The molecule has 0 saturated carbocycles.